The van der Waals surface area contributed by atoms with Crippen molar-refractivity contribution in [3.8, 4) is 6.07 Å². The normalized spacial score (nSPS) is 12.2. The molecule has 2 heterocycles. The molecule has 0 aliphatic heterocycles. The number of allylic oxidation sites excluding steroid dienone is 1. The van der Waals surface area contributed by atoms with Crippen molar-refractivity contribution in [1.82, 2.24) is 4.98 Å². The molecule has 2 aromatic heterocycles. The second kappa shape index (κ2) is 6.65. The number of nitrogens with zero attached hydrogens (tertiary/aromatic N) is 2. The van der Waals surface area contributed by atoms with Crippen molar-refractivity contribution in [2.24, 2.45) is 0 Å². The van der Waals surface area contributed by atoms with Gasteiger partial charge in [-0.25, -0.2) is 9.78 Å². The number of rotatable bonds is 3. The van der Waals surface area contributed by atoms with Crippen LogP contribution in [0.5, 0.6) is 0 Å². The summed E-state index contributed by atoms with van der Waals surface area (Å²) < 4.78 is 48.7. The van der Waals surface area contributed by atoms with E-state index in [1.807, 2.05) is 6.07 Å². The SMILES string of the molecule is COC(=O)c1ccc(/C=C(/C#N)c2nc3cc(C(F)(F)F)ccc3s2)o1. The predicted molar refractivity (Wildman–Crippen MR) is 88.2 cm³/mol. The third-order valence-corrected chi connectivity index (χ3v) is 4.44. The lowest BCUT2D eigenvalue weighted by atomic mass is 10.2. The maximum Gasteiger partial charge on any atom is 0.416 e. The molecule has 0 aliphatic rings. The molecule has 9 heteroatoms. The highest BCUT2D eigenvalue weighted by atomic mass is 32.1. The van der Waals surface area contributed by atoms with Crippen LogP contribution in [0.25, 0.3) is 21.9 Å². The summed E-state index contributed by atoms with van der Waals surface area (Å²) in [6.07, 6.45) is -3.11. The molecule has 0 aliphatic carbocycles. The van der Waals surface area contributed by atoms with Gasteiger partial charge in [-0.2, -0.15) is 18.4 Å². The second-order valence-corrected chi connectivity index (χ2v) is 6.09. The average Bonchev–Trinajstić information content (AvgIpc) is 3.24. The Balaban J connectivity index is 1.99. The molecule has 0 bridgehead atoms. The number of carbonyl (C=O) groups excluding carboxylic acids is 1. The number of benzene rings is 1. The quantitative estimate of drug-likeness (QED) is 0.485. The zero-order valence-corrected chi connectivity index (χ0v) is 13.9. The first-order valence-corrected chi connectivity index (χ1v) is 7.91. The smallest absolute Gasteiger partial charge is 0.416 e. The highest BCUT2D eigenvalue weighted by Gasteiger charge is 2.30. The zero-order valence-electron chi connectivity index (χ0n) is 13.1. The van der Waals surface area contributed by atoms with Gasteiger partial charge in [0.25, 0.3) is 0 Å². The van der Waals surface area contributed by atoms with E-state index in [-0.39, 0.29) is 27.6 Å². The summed E-state index contributed by atoms with van der Waals surface area (Å²) in [5.41, 5.74) is -0.556. The van der Waals surface area contributed by atoms with Crippen LogP contribution in [0, 0.1) is 11.3 Å². The largest absolute Gasteiger partial charge is 0.463 e. The molecule has 3 aromatic rings. The number of nitriles is 1. The molecule has 0 fully saturated rings. The fourth-order valence-corrected chi connectivity index (χ4v) is 3.06. The third-order valence-electron chi connectivity index (χ3n) is 3.37. The van der Waals surface area contributed by atoms with Crippen LogP contribution in [-0.4, -0.2) is 18.1 Å². The number of aromatic nitrogens is 1. The fraction of sp³-hybridized carbons (Fsp3) is 0.118. The van der Waals surface area contributed by atoms with Crippen LogP contribution < -0.4 is 0 Å². The van der Waals surface area contributed by atoms with Crippen molar-refractivity contribution >= 4 is 39.2 Å². The number of halogens is 3. The van der Waals surface area contributed by atoms with Gasteiger partial charge in [0.1, 0.15) is 16.8 Å². The summed E-state index contributed by atoms with van der Waals surface area (Å²) in [6.45, 7) is 0. The fourth-order valence-electron chi connectivity index (χ4n) is 2.14. The number of methoxy groups -OCH3 is 1. The van der Waals surface area contributed by atoms with Gasteiger partial charge in [0.15, 0.2) is 0 Å². The molecule has 0 saturated heterocycles. The van der Waals surface area contributed by atoms with Crippen LogP contribution in [0.15, 0.2) is 34.7 Å². The Hall–Kier alpha value is -3.12. The lowest BCUT2D eigenvalue weighted by Crippen LogP contribution is -2.03. The van der Waals surface area contributed by atoms with Crippen molar-refractivity contribution < 1.29 is 27.1 Å². The molecule has 132 valence electrons. The lowest BCUT2D eigenvalue weighted by Gasteiger charge is -2.04. The van der Waals surface area contributed by atoms with Gasteiger partial charge in [0.05, 0.1) is 28.5 Å². The average molecular weight is 378 g/mol. The molecule has 3 rings (SSSR count). The van der Waals surface area contributed by atoms with Gasteiger partial charge in [-0.3, -0.25) is 0 Å². The third kappa shape index (κ3) is 3.45. The van der Waals surface area contributed by atoms with Crippen LogP contribution in [0.3, 0.4) is 0 Å². The summed E-state index contributed by atoms with van der Waals surface area (Å²) in [6, 6.07) is 8.02. The number of esters is 1. The van der Waals surface area contributed by atoms with Crippen LogP contribution >= 0.6 is 11.3 Å². The van der Waals surface area contributed by atoms with Gasteiger partial charge >= 0.3 is 12.1 Å². The van der Waals surface area contributed by atoms with Crippen LogP contribution in [0.2, 0.25) is 0 Å². The van der Waals surface area contributed by atoms with E-state index in [1.54, 1.807) is 0 Å². The monoisotopic (exact) mass is 378 g/mol. The Morgan fingerprint density at radius 2 is 2.12 bits per heavy atom. The van der Waals surface area contributed by atoms with E-state index in [0.717, 1.165) is 23.5 Å². The molecule has 0 N–H and O–H groups in total. The topological polar surface area (TPSA) is 76.1 Å². The van der Waals surface area contributed by atoms with Gasteiger partial charge < -0.3 is 9.15 Å². The minimum atomic E-state index is -4.47. The Bertz CT molecular complexity index is 1060. The second-order valence-electron chi connectivity index (χ2n) is 5.06. The Kier molecular flexibility index (Phi) is 4.52. The molecule has 0 atom stereocenters. The van der Waals surface area contributed by atoms with Gasteiger partial charge in [0, 0.05) is 6.08 Å². The zero-order chi connectivity index (χ0) is 18.9. The summed E-state index contributed by atoms with van der Waals surface area (Å²) in [7, 11) is 1.21. The van der Waals surface area contributed by atoms with Gasteiger partial charge in [-0.1, -0.05) is 0 Å². The molecule has 0 spiro atoms. The number of alkyl halides is 3. The van der Waals surface area contributed by atoms with Crippen molar-refractivity contribution in [1.29, 1.82) is 5.26 Å². The van der Waals surface area contributed by atoms with Crippen LogP contribution in [0.1, 0.15) is 26.9 Å². The Morgan fingerprint density at radius 1 is 1.35 bits per heavy atom. The van der Waals surface area contributed by atoms with Crippen molar-refractivity contribution in [3.63, 3.8) is 0 Å². The number of carbonyl (C=O) groups is 1. The van der Waals surface area contributed by atoms with Crippen molar-refractivity contribution in [2.45, 2.75) is 6.18 Å². The summed E-state index contributed by atoms with van der Waals surface area (Å²) >= 11 is 1.08. The highest BCUT2D eigenvalue weighted by molar-refractivity contribution is 7.19. The molecular formula is C17H9F3N2O3S. The summed E-state index contributed by atoms with van der Waals surface area (Å²) in [4.78, 5) is 15.5. The molecular weight excluding hydrogens is 369 g/mol. The summed E-state index contributed by atoms with van der Waals surface area (Å²) in [5.74, 6) is -0.477. The standard InChI is InChI=1S/C17H9F3N2O3S/c1-24-16(23)13-4-3-11(25-13)6-9(8-21)15-22-12-7-10(17(18,19)20)2-5-14(12)26-15/h2-7H,1H3/b9-6-. The van der Waals surface area contributed by atoms with E-state index in [2.05, 4.69) is 9.72 Å². The first kappa shape index (κ1) is 17.7. The number of ether oxygens (including phenoxy) is 1. The van der Waals surface area contributed by atoms with E-state index in [0.29, 0.717) is 4.70 Å². The Labute approximate surface area is 148 Å². The number of hydrogen-bond acceptors (Lipinski definition) is 6. The van der Waals surface area contributed by atoms with E-state index < -0.39 is 17.7 Å². The Morgan fingerprint density at radius 3 is 2.77 bits per heavy atom. The summed E-state index contributed by atoms with van der Waals surface area (Å²) in [5, 5.41) is 9.60. The molecule has 0 saturated carbocycles. The number of hydrogen-bond donors (Lipinski definition) is 0. The highest BCUT2D eigenvalue weighted by Crippen LogP contribution is 2.34. The molecule has 26 heavy (non-hydrogen) atoms. The van der Waals surface area contributed by atoms with E-state index in [1.165, 1.54) is 31.4 Å². The minimum absolute atomic E-state index is 0.0323. The van der Waals surface area contributed by atoms with Gasteiger partial charge in [-0.15, -0.1) is 11.3 Å². The molecule has 0 radical (unpaired) electrons. The maximum absolute atomic E-state index is 12.8. The first-order chi connectivity index (χ1) is 12.3. The minimum Gasteiger partial charge on any atom is -0.463 e. The molecule has 5 nitrogen and oxygen atoms in total. The molecule has 0 amide bonds. The predicted octanol–water partition coefficient (Wildman–Crippen LogP) is 4.76. The van der Waals surface area contributed by atoms with E-state index >= 15 is 0 Å². The maximum atomic E-state index is 12.8. The van der Waals surface area contributed by atoms with Crippen LogP contribution in [-0.2, 0) is 10.9 Å². The van der Waals surface area contributed by atoms with Gasteiger partial charge in [-0.05, 0) is 30.3 Å². The van der Waals surface area contributed by atoms with Crippen molar-refractivity contribution in [2.75, 3.05) is 7.11 Å². The van der Waals surface area contributed by atoms with Crippen LogP contribution in [0.4, 0.5) is 13.2 Å². The number of fused-ring (bicyclic) bond motifs is 1. The lowest BCUT2D eigenvalue weighted by molar-refractivity contribution is -0.137. The van der Waals surface area contributed by atoms with E-state index in [9.17, 15) is 23.2 Å². The van der Waals surface area contributed by atoms with Gasteiger partial charge in [0.2, 0.25) is 5.76 Å². The number of furan rings is 1. The molecule has 0 unspecified atom stereocenters. The van der Waals surface area contributed by atoms with Crippen molar-refractivity contribution in [3.05, 3.63) is 52.4 Å². The number of thiazole rings is 1. The van der Waals surface area contributed by atoms with E-state index in [4.69, 9.17) is 4.42 Å². The molecule has 1 aromatic carbocycles. The first-order valence-electron chi connectivity index (χ1n) is 7.10.